The summed E-state index contributed by atoms with van der Waals surface area (Å²) in [5, 5.41) is 7.32. The molecule has 0 bridgehead atoms. The molecule has 0 atom stereocenters. The molecule has 0 saturated carbocycles. The first-order valence-electron chi connectivity index (χ1n) is 7.40. The van der Waals surface area contributed by atoms with Gasteiger partial charge >= 0.3 is 0 Å². The molecule has 22 heavy (non-hydrogen) atoms. The molecule has 1 N–H and O–H groups in total. The van der Waals surface area contributed by atoms with Crippen molar-refractivity contribution in [2.24, 2.45) is 7.05 Å². The molecule has 1 amide bonds. The van der Waals surface area contributed by atoms with Crippen LogP contribution < -0.4 is 10.1 Å². The molecular weight excluding hydrogens is 278 g/mol. The molecular formula is C17H23N3O2. The highest BCUT2D eigenvalue weighted by molar-refractivity contribution is 5.76. The maximum atomic E-state index is 12.0. The van der Waals surface area contributed by atoms with Gasteiger partial charge in [0.05, 0.1) is 12.8 Å². The summed E-state index contributed by atoms with van der Waals surface area (Å²) in [6.07, 6.45) is 1.19. The number of aryl methyl sites for hydroxylation is 2. The van der Waals surface area contributed by atoms with E-state index in [-0.39, 0.29) is 5.91 Å². The van der Waals surface area contributed by atoms with Crippen molar-refractivity contribution in [1.29, 1.82) is 0 Å². The van der Waals surface area contributed by atoms with Crippen molar-refractivity contribution in [3.8, 4) is 5.75 Å². The molecule has 5 nitrogen and oxygen atoms in total. The minimum absolute atomic E-state index is 0.0467. The number of benzene rings is 1. The van der Waals surface area contributed by atoms with E-state index >= 15 is 0 Å². The van der Waals surface area contributed by atoms with Crippen LogP contribution in [0.25, 0.3) is 0 Å². The lowest BCUT2D eigenvalue weighted by molar-refractivity contribution is -0.121. The molecule has 5 heteroatoms. The Balaban J connectivity index is 1.85. The summed E-state index contributed by atoms with van der Waals surface area (Å²) in [4.78, 5) is 12.0. The first kappa shape index (κ1) is 16.1. The van der Waals surface area contributed by atoms with Crippen LogP contribution in [0.1, 0.15) is 28.9 Å². The highest BCUT2D eigenvalue weighted by Gasteiger charge is 2.11. The lowest BCUT2D eigenvalue weighted by atomic mass is 10.1. The lowest BCUT2D eigenvalue weighted by Gasteiger charge is -2.07. The molecule has 1 aromatic heterocycles. The molecule has 1 aromatic carbocycles. The molecule has 0 aliphatic rings. The van der Waals surface area contributed by atoms with Crippen LogP contribution in [0.3, 0.4) is 0 Å². The largest absolute Gasteiger partial charge is 0.497 e. The fraction of sp³-hybridized carbons (Fsp3) is 0.412. The van der Waals surface area contributed by atoms with Crippen LogP contribution in [0, 0.1) is 13.8 Å². The third-order valence-electron chi connectivity index (χ3n) is 3.88. The molecule has 2 rings (SSSR count). The van der Waals surface area contributed by atoms with Gasteiger partial charge in [0.15, 0.2) is 0 Å². The molecule has 2 aromatic rings. The fourth-order valence-electron chi connectivity index (χ4n) is 2.49. The van der Waals surface area contributed by atoms with Crippen molar-refractivity contribution in [2.75, 3.05) is 7.11 Å². The van der Waals surface area contributed by atoms with Crippen molar-refractivity contribution in [1.82, 2.24) is 15.1 Å². The van der Waals surface area contributed by atoms with Gasteiger partial charge in [-0.2, -0.15) is 5.10 Å². The second-order valence-electron chi connectivity index (χ2n) is 5.40. The number of carbonyl (C=O) groups excluding carboxylic acids is 1. The molecule has 118 valence electrons. The number of rotatable bonds is 6. The molecule has 0 aliphatic heterocycles. The number of hydrogen-bond acceptors (Lipinski definition) is 3. The Morgan fingerprint density at radius 2 is 2.14 bits per heavy atom. The van der Waals surface area contributed by atoms with E-state index in [1.165, 1.54) is 5.56 Å². The number of ether oxygens (including phenoxy) is 1. The van der Waals surface area contributed by atoms with E-state index in [9.17, 15) is 4.79 Å². The van der Waals surface area contributed by atoms with E-state index in [2.05, 4.69) is 10.4 Å². The second kappa shape index (κ2) is 7.11. The summed E-state index contributed by atoms with van der Waals surface area (Å²) in [7, 11) is 3.56. The number of nitrogens with one attached hydrogen (secondary N) is 1. The van der Waals surface area contributed by atoms with Crippen molar-refractivity contribution >= 4 is 5.91 Å². The highest BCUT2D eigenvalue weighted by atomic mass is 16.5. The number of hydrogen-bond donors (Lipinski definition) is 1. The Morgan fingerprint density at radius 1 is 1.36 bits per heavy atom. The minimum Gasteiger partial charge on any atom is -0.497 e. The summed E-state index contributed by atoms with van der Waals surface area (Å²) in [6.45, 7) is 4.53. The van der Waals surface area contributed by atoms with E-state index in [0.717, 1.165) is 29.1 Å². The van der Waals surface area contributed by atoms with Crippen LogP contribution in [0.5, 0.6) is 5.75 Å². The zero-order chi connectivity index (χ0) is 16.1. The van der Waals surface area contributed by atoms with Gasteiger partial charge < -0.3 is 10.1 Å². The monoisotopic (exact) mass is 301 g/mol. The zero-order valence-electron chi connectivity index (χ0n) is 13.6. The third kappa shape index (κ3) is 3.87. The third-order valence-corrected chi connectivity index (χ3v) is 3.88. The van der Waals surface area contributed by atoms with E-state index in [0.29, 0.717) is 13.0 Å². The van der Waals surface area contributed by atoms with Crippen LogP contribution in [0.15, 0.2) is 24.3 Å². The minimum atomic E-state index is 0.0467. The zero-order valence-corrected chi connectivity index (χ0v) is 13.6. The Morgan fingerprint density at radius 3 is 2.77 bits per heavy atom. The van der Waals surface area contributed by atoms with Crippen molar-refractivity contribution in [3.63, 3.8) is 0 Å². The SMILES string of the molecule is COc1cccc(CNC(=O)CCc2c(C)nn(C)c2C)c1. The Hall–Kier alpha value is -2.30. The van der Waals surface area contributed by atoms with Gasteiger partial charge in [-0.05, 0) is 43.5 Å². The van der Waals surface area contributed by atoms with Crippen LogP contribution in [-0.4, -0.2) is 22.8 Å². The van der Waals surface area contributed by atoms with Crippen molar-refractivity contribution in [3.05, 3.63) is 46.8 Å². The van der Waals surface area contributed by atoms with Gasteiger partial charge in [-0.25, -0.2) is 0 Å². The summed E-state index contributed by atoms with van der Waals surface area (Å²) < 4.78 is 7.03. The molecule has 0 radical (unpaired) electrons. The maximum absolute atomic E-state index is 12.0. The fourth-order valence-corrected chi connectivity index (χ4v) is 2.49. The molecule has 0 saturated heterocycles. The summed E-state index contributed by atoms with van der Waals surface area (Å²) >= 11 is 0. The molecule has 0 unspecified atom stereocenters. The molecule has 0 spiro atoms. The normalized spacial score (nSPS) is 10.5. The number of methoxy groups -OCH3 is 1. The summed E-state index contributed by atoms with van der Waals surface area (Å²) in [5.74, 6) is 0.846. The quantitative estimate of drug-likeness (QED) is 0.890. The molecule has 0 fully saturated rings. The van der Waals surface area contributed by atoms with E-state index in [4.69, 9.17) is 4.74 Å². The Labute approximate surface area is 131 Å². The van der Waals surface area contributed by atoms with Gasteiger partial charge in [-0.3, -0.25) is 9.48 Å². The molecule has 0 aliphatic carbocycles. The highest BCUT2D eigenvalue weighted by Crippen LogP contribution is 2.14. The Kier molecular flexibility index (Phi) is 5.20. The first-order valence-corrected chi connectivity index (χ1v) is 7.40. The average molecular weight is 301 g/mol. The van der Waals surface area contributed by atoms with E-state index < -0.39 is 0 Å². The number of amides is 1. The number of aromatic nitrogens is 2. The van der Waals surface area contributed by atoms with Crippen LogP contribution in [0.2, 0.25) is 0 Å². The van der Waals surface area contributed by atoms with Crippen LogP contribution in [0.4, 0.5) is 0 Å². The second-order valence-corrected chi connectivity index (χ2v) is 5.40. The number of nitrogens with zero attached hydrogens (tertiary/aromatic N) is 2. The van der Waals surface area contributed by atoms with Gasteiger partial charge in [0.2, 0.25) is 5.91 Å². The summed E-state index contributed by atoms with van der Waals surface area (Å²) in [5.41, 5.74) is 4.32. The lowest BCUT2D eigenvalue weighted by Crippen LogP contribution is -2.23. The predicted octanol–water partition coefficient (Wildman–Crippen LogP) is 2.29. The first-order chi connectivity index (χ1) is 10.5. The van der Waals surface area contributed by atoms with Crippen LogP contribution >= 0.6 is 0 Å². The van der Waals surface area contributed by atoms with E-state index in [1.54, 1.807) is 7.11 Å². The average Bonchev–Trinajstić information content (AvgIpc) is 2.76. The van der Waals surface area contributed by atoms with Crippen LogP contribution in [-0.2, 0) is 24.8 Å². The Bertz CT molecular complexity index is 662. The van der Waals surface area contributed by atoms with Gasteiger partial charge in [0.1, 0.15) is 5.75 Å². The topological polar surface area (TPSA) is 56.1 Å². The van der Waals surface area contributed by atoms with Gasteiger partial charge in [-0.15, -0.1) is 0 Å². The smallest absolute Gasteiger partial charge is 0.220 e. The maximum Gasteiger partial charge on any atom is 0.220 e. The standard InChI is InChI=1S/C17H23N3O2/c1-12-16(13(2)20(3)19-12)8-9-17(21)18-11-14-6-5-7-15(10-14)22-4/h5-7,10H,8-9,11H2,1-4H3,(H,18,21). The predicted molar refractivity (Wildman–Crippen MR) is 85.8 cm³/mol. The molecule has 1 heterocycles. The summed E-state index contributed by atoms with van der Waals surface area (Å²) in [6, 6.07) is 7.70. The van der Waals surface area contributed by atoms with Gasteiger partial charge in [-0.1, -0.05) is 12.1 Å². The van der Waals surface area contributed by atoms with Gasteiger partial charge in [0, 0.05) is 25.7 Å². The number of carbonyl (C=O) groups is 1. The van der Waals surface area contributed by atoms with E-state index in [1.807, 2.05) is 49.8 Å². The van der Waals surface area contributed by atoms with Crippen molar-refractivity contribution in [2.45, 2.75) is 33.2 Å². The van der Waals surface area contributed by atoms with Gasteiger partial charge in [0.25, 0.3) is 0 Å². The van der Waals surface area contributed by atoms with Crippen molar-refractivity contribution < 1.29 is 9.53 Å².